The monoisotopic (exact) mass is 651 g/mol. The number of amides is 2. The maximum atomic E-state index is 14.2. The lowest BCUT2D eigenvalue weighted by molar-refractivity contribution is -0.174. The van der Waals surface area contributed by atoms with Crippen molar-refractivity contribution in [3.8, 4) is 0 Å². The zero-order chi connectivity index (χ0) is 33.0. The van der Waals surface area contributed by atoms with E-state index in [1.807, 2.05) is 13.8 Å². The van der Waals surface area contributed by atoms with Crippen molar-refractivity contribution in [2.45, 2.75) is 107 Å². The molecule has 0 spiro atoms. The first kappa shape index (κ1) is 32.2. The van der Waals surface area contributed by atoms with Crippen LogP contribution in [0.5, 0.6) is 0 Å². The summed E-state index contributed by atoms with van der Waals surface area (Å²) in [6, 6.07) is -0.961. The Labute approximate surface area is 261 Å². The number of fused-ring (bicyclic) bond motifs is 1. The Hall–Kier alpha value is -3.73. The van der Waals surface area contributed by atoms with E-state index in [4.69, 9.17) is 15.5 Å². The molecule has 0 bridgehead atoms. The van der Waals surface area contributed by atoms with E-state index in [-0.39, 0.29) is 74.5 Å². The van der Waals surface area contributed by atoms with E-state index in [2.05, 4.69) is 20.2 Å². The predicted molar refractivity (Wildman–Crippen MR) is 152 cm³/mol. The fraction of sp³-hybridized carbons (Fsp3) is 0.690. The van der Waals surface area contributed by atoms with Crippen LogP contribution < -0.4 is 5.73 Å². The van der Waals surface area contributed by atoms with Crippen molar-refractivity contribution in [2.24, 2.45) is 11.7 Å². The zero-order valence-corrected chi connectivity index (χ0v) is 25.5. The molecule has 1 saturated carbocycles. The lowest BCUT2D eigenvalue weighted by atomic mass is 9.77. The number of carbonyl (C=O) groups excluding carboxylic acids is 2. The average Bonchev–Trinajstić information content (AvgIpc) is 3.63. The Morgan fingerprint density at radius 2 is 1.76 bits per heavy atom. The lowest BCUT2D eigenvalue weighted by Gasteiger charge is -2.40. The standard InChI is InChI=1S/C29H37F4N9O4/c1-15(2)42-25(23(34)44)38-24(39-42)22(16-3-7-28(30,31)8-4-16)19-13-41-27(37-19)36-18(12-35-41)20-11-17(43)6-10-40(20)26(45)21-5-9-29(32,33)14-46-21/h12-13,15-17,20-22,43H,3-11,14H2,1-2H3,(H2,34,44)/t17-,20+,21-,22-/m0/s1. The number of likely N-dealkylation sites (tertiary alicyclic amines) is 1. The Morgan fingerprint density at radius 3 is 2.39 bits per heavy atom. The van der Waals surface area contributed by atoms with E-state index >= 15 is 0 Å². The summed E-state index contributed by atoms with van der Waals surface area (Å²) in [7, 11) is 0. The molecular formula is C29H37F4N9O4. The molecule has 0 unspecified atom stereocenters. The number of alkyl halides is 4. The van der Waals surface area contributed by atoms with Crippen LogP contribution >= 0.6 is 0 Å². The van der Waals surface area contributed by atoms with Gasteiger partial charge in [0, 0.05) is 31.8 Å². The van der Waals surface area contributed by atoms with Gasteiger partial charge in [-0.15, -0.1) is 0 Å². The molecule has 3 aromatic rings. The van der Waals surface area contributed by atoms with Crippen molar-refractivity contribution in [1.29, 1.82) is 0 Å². The minimum absolute atomic E-state index is 0.0512. The van der Waals surface area contributed by atoms with Crippen LogP contribution in [0.3, 0.4) is 0 Å². The van der Waals surface area contributed by atoms with Crippen molar-refractivity contribution in [3.05, 3.63) is 35.4 Å². The molecule has 2 amide bonds. The summed E-state index contributed by atoms with van der Waals surface area (Å²) in [4.78, 5) is 40.9. The maximum absolute atomic E-state index is 14.2. The van der Waals surface area contributed by atoms with Gasteiger partial charge in [-0.05, 0) is 51.9 Å². The molecule has 17 heteroatoms. The number of ether oxygens (including phenoxy) is 1. The average molecular weight is 652 g/mol. The van der Waals surface area contributed by atoms with E-state index in [1.54, 1.807) is 6.20 Å². The fourth-order valence-electron chi connectivity index (χ4n) is 6.69. The quantitative estimate of drug-likeness (QED) is 0.365. The van der Waals surface area contributed by atoms with Crippen LogP contribution in [-0.4, -0.2) is 93.4 Å². The van der Waals surface area contributed by atoms with E-state index in [1.165, 1.54) is 20.3 Å². The first-order valence-corrected chi connectivity index (χ1v) is 15.6. The molecule has 46 heavy (non-hydrogen) atoms. The summed E-state index contributed by atoms with van der Waals surface area (Å²) in [6.45, 7) is 2.97. The van der Waals surface area contributed by atoms with E-state index < -0.39 is 60.9 Å². The lowest BCUT2D eigenvalue weighted by Crippen LogP contribution is -2.50. The van der Waals surface area contributed by atoms with Crippen molar-refractivity contribution < 1.29 is 37.0 Å². The van der Waals surface area contributed by atoms with Gasteiger partial charge in [0.1, 0.15) is 12.7 Å². The molecule has 0 radical (unpaired) electrons. The SMILES string of the molecule is CC(C)n1nc([C@H](c2cn3ncc([C@H]4C[C@@H](O)CCN4C(=O)[C@@H]4CCC(F)(F)CO4)nc3n2)C2CCC(F)(F)CC2)nc1C(N)=O. The van der Waals surface area contributed by atoms with Gasteiger partial charge in [0.05, 0.1) is 41.8 Å². The van der Waals surface area contributed by atoms with Crippen molar-refractivity contribution >= 4 is 17.6 Å². The summed E-state index contributed by atoms with van der Waals surface area (Å²) in [5, 5.41) is 19.5. The molecule has 2 saturated heterocycles. The zero-order valence-electron chi connectivity index (χ0n) is 25.5. The highest BCUT2D eigenvalue weighted by Crippen LogP contribution is 2.44. The van der Waals surface area contributed by atoms with E-state index in [9.17, 15) is 32.3 Å². The van der Waals surface area contributed by atoms with Gasteiger partial charge in [0.2, 0.25) is 11.7 Å². The number of aliphatic hydroxyl groups is 1. The molecule has 13 nitrogen and oxygen atoms in total. The second-order valence-electron chi connectivity index (χ2n) is 12.9. The highest BCUT2D eigenvalue weighted by atomic mass is 19.3. The number of aliphatic hydroxyl groups excluding tert-OH is 1. The number of nitrogens with zero attached hydrogens (tertiary/aromatic N) is 8. The third-order valence-electron chi connectivity index (χ3n) is 9.16. The van der Waals surface area contributed by atoms with E-state index in [0.717, 1.165) is 0 Å². The van der Waals surface area contributed by atoms with Gasteiger partial charge >= 0.3 is 0 Å². The Kier molecular flexibility index (Phi) is 8.50. The minimum Gasteiger partial charge on any atom is -0.393 e. The Morgan fingerprint density at radius 1 is 1.04 bits per heavy atom. The number of halogens is 4. The smallest absolute Gasteiger partial charge is 0.286 e. The highest BCUT2D eigenvalue weighted by Gasteiger charge is 2.44. The Balaban J connectivity index is 1.34. The van der Waals surface area contributed by atoms with Crippen LogP contribution in [0.15, 0.2) is 12.4 Å². The van der Waals surface area contributed by atoms with Gasteiger partial charge in [-0.3, -0.25) is 9.59 Å². The molecule has 3 fully saturated rings. The first-order chi connectivity index (χ1) is 21.7. The van der Waals surface area contributed by atoms with Crippen molar-refractivity contribution in [3.63, 3.8) is 0 Å². The normalized spacial score (nSPS) is 26.0. The molecule has 6 rings (SSSR count). The topological polar surface area (TPSA) is 167 Å². The third-order valence-corrected chi connectivity index (χ3v) is 9.16. The fourth-order valence-corrected chi connectivity index (χ4v) is 6.69. The minimum atomic E-state index is -2.98. The van der Waals surface area contributed by atoms with Gasteiger partial charge < -0.3 is 20.5 Å². The van der Waals surface area contributed by atoms with Crippen LogP contribution in [0.4, 0.5) is 17.6 Å². The van der Waals surface area contributed by atoms with Crippen LogP contribution in [0.1, 0.15) is 111 Å². The molecule has 3 aromatic heterocycles. The number of hydrogen-bond acceptors (Lipinski definition) is 9. The van der Waals surface area contributed by atoms with Crippen LogP contribution in [-0.2, 0) is 9.53 Å². The first-order valence-electron chi connectivity index (χ1n) is 15.6. The summed E-state index contributed by atoms with van der Waals surface area (Å²) < 4.78 is 63.7. The van der Waals surface area contributed by atoms with Gasteiger partial charge in [0.25, 0.3) is 23.5 Å². The predicted octanol–water partition coefficient (Wildman–Crippen LogP) is 3.19. The molecule has 5 heterocycles. The number of carbonyl (C=O) groups is 2. The van der Waals surface area contributed by atoms with Crippen LogP contribution in [0.2, 0.25) is 0 Å². The summed E-state index contributed by atoms with van der Waals surface area (Å²) in [5.41, 5.74) is 6.33. The van der Waals surface area contributed by atoms with Crippen molar-refractivity contribution in [2.75, 3.05) is 13.2 Å². The number of rotatable bonds is 7. The molecule has 4 atom stereocenters. The van der Waals surface area contributed by atoms with Crippen LogP contribution in [0.25, 0.3) is 5.78 Å². The van der Waals surface area contributed by atoms with Gasteiger partial charge in [-0.2, -0.15) is 10.2 Å². The second kappa shape index (κ2) is 12.1. The molecule has 1 aliphatic carbocycles. The largest absolute Gasteiger partial charge is 0.393 e. The number of piperidine rings is 1. The number of imidazole rings is 1. The van der Waals surface area contributed by atoms with Gasteiger partial charge in [0.15, 0.2) is 5.82 Å². The Bertz CT molecular complexity index is 1590. The van der Waals surface area contributed by atoms with Crippen molar-refractivity contribution in [1.82, 2.24) is 39.2 Å². The van der Waals surface area contributed by atoms with Gasteiger partial charge in [-0.25, -0.2) is 41.7 Å². The number of aromatic nitrogens is 7. The molecule has 3 aliphatic rings. The molecule has 250 valence electrons. The molecule has 3 N–H and O–H groups in total. The number of nitrogens with two attached hydrogens (primary N) is 1. The summed E-state index contributed by atoms with van der Waals surface area (Å²) >= 11 is 0. The molecular weight excluding hydrogens is 614 g/mol. The number of hydrogen-bond donors (Lipinski definition) is 2. The molecule has 0 aromatic carbocycles. The third kappa shape index (κ3) is 6.43. The second-order valence-corrected chi connectivity index (χ2v) is 12.9. The van der Waals surface area contributed by atoms with Crippen LogP contribution in [0, 0.1) is 5.92 Å². The summed E-state index contributed by atoms with van der Waals surface area (Å²) in [6.07, 6.45) is 0.890. The van der Waals surface area contributed by atoms with E-state index in [0.29, 0.717) is 17.8 Å². The van der Waals surface area contributed by atoms with Gasteiger partial charge in [-0.1, -0.05) is 0 Å². The summed E-state index contributed by atoms with van der Waals surface area (Å²) in [5.74, 6) is -7.65. The number of primary amides is 1. The molecule has 2 aliphatic heterocycles. The maximum Gasteiger partial charge on any atom is 0.286 e. The highest BCUT2D eigenvalue weighted by molar-refractivity contribution is 5.89.